The molecule has 6 heteroatoms. The molecule has 17 heavy (non-hydrogen) atoms. The van der Waals surface area contributed by atoms with Gasteiger partial charge in [-0.25, -0.2) is 14.4 Å². The molecule has 0 aliphatic rings. The number of nitrogens with zero attached hydrogens (tertiary/aromatic N) is 2. The molecule has 1 aromatic carbocycles. The molecule has 1 aromatic heterocycles. The van der Waals surface area contributed by atoms with Gasteiger partial charge < -0.3 is 5.11 Å². The summed E-state index contributed by atoms with van der Waals surface area (Å²) in [7, 11) is 0. The largest absolute Gasteiger partial charge is 0.396 e. The molecule has 2 aromatic rings. The van der Waals surface area contributed by atoms with Crippen molar-refractivity contribution >= 4 is 38.6 Å². The second kappa shape index (κ2) is 5.25. The van der Waals surface area contributed by atoms with Crippen molar-refractivity contribution in [2.24, 2.45) is 0 Å². The van der Waals surface area contributed by atoms with Gasteiger partial charge in [-0.2, -0.15) is 0 Å². The molecule has 0 saturated heterocycles. The van der Waals surface area contributed by atoms with E-state index in [4.69, 9.17) is 16.7 Å². The van der Waals surface area contributed by atoms with Gasteiger partial charge >= 0.3 is 0 Å². The summed E-state index contributed by atoms with van der Waals surface area (Å²) in [6, 6.07) is 2.62. The highest BCUT2D eigenvalue weighted by molar-refractivity contribution is 9.10. The molecule has 0 saturated carbocycles. The first-order valence-corrected chi connectivity index (χ1v) is 6.21. The quantitative estimate of drug-likeness (QED) is 0.945. The number of hydrogen-bond acceptors (Lipinski definition) is 3. The van der Waals surface area contributed by atoms with E-state index in [1.807, 2.05) is 0 Å². The summed E-state index contributed by atoms with van der Waals surface area (Å²) in [6.45, 7) is 0.0701. The number of benzene rings is 1. The van der Waals surface area contributed by atoms with Crippen molar-refractivity contribution in [2.45, 2.75) is 12.8 Å². The van der Waals surface area contributed by atoms with Gasteiger partial charge in [-0.3, -0.25) is 0 Å². The minimum Gasteiger partial charge on any atom is -0.396 e. The average molecular weight is 320 g/mol. The lowest BCUT2D eigenvalue weighted by Crippen LogP contribution is -1.98. The van der Waals surface area contributed by atoms with Crippen LogP contribution in [0.15, 0.2) is 16.6 Å². The minimum absolute atomic E-state index is 0.0701. The number of aliphatic hydroxyl groups is 1. The lowest BCUT2D eigenvalue weighted by atomic mass is 10.2. The Kier molecular flexibility index (Phi) is 3.91. The van der Waals surface area contributed by atoms with E-state index in [9.17, 15) is 4.39 Å². The van der Waals surface area contributed by atoms with Crippen molar-refractivity contribution in [3.05, 3.63) is 33.3 Å². The normalized spacial score (nSPS) is 11.1. The Labute approximate surface area is 111 Å². The van der Waals surface area contributed by atoms with Crippen molar-refractivity contribution < 1.29 is 9.50 Å². The van der Waals surface area contributed by atoms with E-state index in [1.165, 1.54) is 12.1 Å². The van der Waals surface area contributed by atoms with Crippen LogP contribution in [-0.2, 0) is 6.42 Å². The van der Waals surface area contributed by atoms with Crippen LogP contribution in [0.2, 0.25) is 5.15 Å². The van der Waals surface area contributed by atoms with Crippen LogP contribution in [-0.4, -0.2) is 21.7 Å². The molecule has 0 radical (unpaired) electrons. The van der Waals surface area contributed by atoms with Gasteiger partial charge in [0.2, 0.25) is 0 Å². The van der Waals surface area contributed by atoms with Gasteiger partial charge in [0.05, 0.1) is 11.2 Å². The Balaban J connectivity index is 2.55. The van der Waals surface area contributed by atoms with Crippen LogP contribution >= 0.6 is 27.5 Å². The molecule has 2 rings (SSSR count). The fourth-order valence-electron chi connectivity index (χ4n) is 1.51. The smallest absolute Gasteiger partial charge is 0.151 e. The van der Waals surface area contributed by atoms with Crippen molar-refractivity contribution in [1.29, 1.82) is 0 Å². The molecule has 0 amide bonds. The molecule has 0 aliphatic carbocycles. The van der Waals surface area contributed by atoms with Crippen LogP contribution in [0.1, 0.15) is 12.1 Å². The first kappa shape index (κ1) is 12.7. The fourth-order valence-corrected chi connectivity index (χ4v) is 2.24. The lowest BCUT2D eigenvalue weighted by molar-refractivity contribution is 0.288. The Bertz CT molecular complexity index is 565. The summed E-state index contributed by atoms with van der Waals surface area (Å²) in [4.78, 5) is 8.44. The fraction of sp³-hybridized carbons (Fsp3) is 0.273. The summed E-state index contributed by atoms with van der Waals surface area (Å²) < 4.78 is 13.7. The van der Waals surface area contributed by atoms with E-state index < -0.39 is 5.82 Å². The molecular weight excluding hydrogens is 310 g/mol. The molecule has 90 valence electrons. The summed E-state index contributed by atoms with van der Waals surface area (Å²) in [5, 5.41) is 9.03. The number of aliphatic hydroxyl groups excluding tert-OH is 1. The molecular formula is C11H9BrClFN2O. The number of aromatic nitrogens is 2. The lowest BCUT2D eigenvalue weighted by Gasteiger charge is -2.06. The summed E-state index contributed by atoms with van der Waals surface area (Å²) >= 11 is 9.19. The monoisotopic (exact) mass is 318 g/mol. The van der Waals surface area contributed by atoms with Gasteiger partial charge in [0.1, 0.15) is 11.3 Å². The molecule has 0 atom stereocenters. The van der Waals surface area contributed by atoms with Crippen LogP contribution in [0.3, 0.4) is 0 Å². The Morgan fingerprint density at radius 1 is 1.35 bits per heavy atom. The van der Waals surface area contributed by atoms with Crippen LogP contribution in [0.4, 0.5) is 4.39 Å². The standard InChI is InChI=1S/C11H9BrClFN2O/c12-7-4-6(14)5-9-10(7)15-8(2-1-3-17)11(13)16-9/h4-5,17H,1-3H2. The molecule has 0 aliphatic heterocycles. The van der Waals surface area contributed by atoms with E-state index in [0.29, 0.717) is 34.0 Å². The average Bonchev–Trinajstić information content (AvgIpc) is 2.26. The third-order valence-corrected chi connectivity index (χ3v) is 3.19. The third-order valence-electron chi connectivity index (χ3n) is 2.28. The minimum atomic E-state index is -0.391. The number of fused-ring (bicyclic) bond motifs is 1. The third kappa shape index (κ3) is 2.73. The van der Waals surface area contributed by atoms with Gasteiger partial charge in [0, 0.05) is 17.1 Å². The van der Waals surface area contributed by atoms with Crippen molar-refractivity contribution in [2.75, 3.05) is 6.61 Å². The van der Waals surface area contributed by atoms with Gasteiger partial charge in [0.15, 0.2) is 5.15 Å². The number of hydrogen-bond donors (Lipinski definition) is 1. The van der Waals surface area contributed by atoms with E-state index >= 15 is 0 Å². The highest BCUT2D eigenvalue weighted by atomic mass is 79.9. The summed E-state index contributed by atoms with van der Waals surface area (Å²) in [6.07, 6.45) is 1.11. The second-order valence-corrected chi connectivity index (χ2v) is 4.76. The number of aryl methyl sites for hydroxylation is 1. The molecule has 1 heterocycles. The second-order valence-electron chi connectivity index (χ2n) is 3.54. The summed E-state index contributed by atoms with van der Waals surface area (Å²) in [5.41, 5.74) is 1.60. The van der Waals surface area contributed by atoms with Gasteiger partial charge in [-0.15, -0.1) is 0 Å². The Hall–Kier alpha value is -0.780. The zero-order chi connectivity index (χ0) is 12.4. The van der Waals surface area contributed by atoms with E-state index in [2.05, 4.69) is 25.9 Å². The van der Waals surface area contributed by atoms with Crippen LogP contribution < -0.4 is 0 Å². The SMILES string of the molecule is OCCCc1nc2c(Br)cc(F)cc2nc1Cl. The Morgan fingerprint density at radius 3 is 2.82 bits per heavy atom. The topological polar surface area (TPSA) is 46.0 Å². The van der Waals surface area contributed by atoms with Crippen LogP contribution in [0.5, 0.6) is 0 Å². The maximum Gasteiger partial charge on any atom is 0.151 e. The summed E-state index contributed by atoms with van der Waals surface area (Å²) in [5.74, 6) is -0.391. The van der Waals surface area contributed by atoms with Gasteiger partial charge in [-0.05, 0) is 34.8 Å². The van der Waals surface area contributed by atoms with Crippen molar-refractivity contribution in [1.82, 2.24) is 9.97 Å². The van der Waals surface area contributed by atoms with Gasteiger partial charge in [-0.1, -0.05) is 11.6 Å². The molecule has 0 unspecified atom stereocenters. The van der Waals surface area contributed by atoms with E-state index in [0.717, 1.165) is 0 Å². The maximum atomic E-state index is 13.2. The predicted octanol–water partition coefficient (Wildman–Crippen LogP) is 3.11. The molecule has 0 spiro atoms. The van der Waals surface area contributed by atoms with E-state index in [1.54, 1.807) is 0 Å². The van der Waals surface area contributed by atoms with Crippen molar-refractivity contribution in [3.63, 3.8) is 0 Å². The first-order chi connectivity index (χ1) is 8.11. The van der Waals surface area contributed by atoms with E-state index in [-0.39, 0.29) is 11.8 Å². The first-order valence-electron chi connectivity index (χ1n) is 5.04. The zero-order valence-corrected chi connectivity index (χ0v) is 11.1. The number of halogens is 3. The Morgan fingerprint density at radius 2 is 2.12 bits per heavy atom. The van der Waals surface area contributed by atoms with Gasteiger partial charge in [0.25, 0.3) is 0 Å². The van der Waals surface area contributed by atoms with Crippen LogP contribution in [0.25, 0.3) is 11.0 Å². The molecule has 0 fully saturated rings. The zero-order valence-electron chi connectivity index (χ0n) is 8.75. The molecule has 3 nitrogen and oxygen atoms in total. The number of rotatable bonds is 3. The molecule has 1 N–H and O–H groups in total. The highest BCUT2D eigenvalue weighted by Gasteiger charge is 2.10. The molecule has 0 bridgehead atoms. The highest BCUT2D eigenvalue weighted by Crippen LogP contribution is 2.25. The predicted molar refractivity (Wildman–Crippen MR) is 67.6 cm³/mol. The maximum absolute atomic E-state index is 13.2. The van der Waals surface area contributed by atoms with Crippen LogP contribution in [0, 0.1) is 5.82 Å². The van der Waals surface area contributed by atoms with Crippen molar-refractivity contribution in [3.8, 4) is 0 Å².